The van der Waals surface area contributed by atoms with Crippen LogP contribution in [-0.4, -0.2) is 55.8 Å². The number of amides is 1. The molecule has 0 saturated carbocycles. The lowest BCUT2D eigenvalue weighted by Gasteiger charge is -2.31. The van der Waals surface area contributed by atoms with Crippen LogP contribution >= 0.6 is 0 Å². The monoisotopic (exact) mass is 445 g/mol. The Morgan fingerprint density at radius 1 is 1.13 bits per heavy atom. The van der Waals surface area contributed by atoms with Crippen molar-refractivity contribution in [3.63, 3.8) is 0 Å². The van der Waals surface area contributed by atoms with Crippen molar-refractivity contribution in [1.29, 1.82) is 0 Å². The molecule has 0 spiro atoms. The quantitative estimate of drug-likeness (QED) is 0.498. The van der Waals surface area contributed by atoms with Crippen LogP contribution in [0, 0.1) is 6.92 Å². The number of aromatic nitrogens is 1. The van der Waals surface area contributed by atoms with E-state index < -0.39 is 28.3 Å². The Labute approximate surface area is 182 Å². The Morgan fingerprint density at radius 2 is 1.84 bits per heavy atom. The second-order valence-electron chi connectivity index (χ2n) is 7.40. The summed E-state index contributed by atoms with van der Waals surface area (Å²) in [5, 5.41) is 12.5. The highest BCUT2D eigenvalue weighted by atomic mass is 32.2. The van der Waals surface area contributed by atoms with Gasteiger partial charge in [-0.15, -0.1) is 0 Å². The number of benzene rings is 1. The van der Waals surface area contributed by atoms with Gasteiger partial charge in [-0.2, -0.15) is 0 Å². The summed E-state index contributed by atoms with van der Waals surface area (Å²) in [6.45, 7) is 1.98. The Hall–Kier alpha value is -2.59. The summed E-state index contributed by atoms with van der Waals surface area (Å²) in [5.74, 6) is -0.181. The van der Waals surface area contributed by atoms with E-state index in [0.717, 1.165) is 11.1 Å². The van der Waals surface area contributed by atoms with E-state index in [-0.39, 0.29) is 23.8 Å². The molecule has 1 aliphatic heterocycles. The first-order chi connectivity index (χ1) is 14.9. The SMILES string of the molecule is Cc1ccc(S(=O)(=O)N[C@H]2C=C[C@H](CC(=O)NCCc3ccncc3)O[C@H]2CO)cc1. The smallest absolute Gasteiger partial charge is 0.241 e. The molecule has 0 unspecified atom stereocenters. The minimum atomic E-state index is -3.77. The highest BCUT2D eigenvalue weighted by Crippen LogP contribution is 2.18. The topological polar surface area (TPSA) is 118 Å². The molecule has 0 fully saturated rings. The van der Waals surface area contributed by atoms with Gasteiger partial charge in [0, 0.05) is 18.9 Å². The maximum absolute atomic E-state index is 12.6. The van der Waals surface area contributed by atoms with Crippen LogP contribution < -0.4 is 10.0 Å². The number of aryl methyl sites for hydroxylation is 1. The van der Waals surface area contributed by atoms with Gasteiger partial charge in [0.15, 0.2) is 0 Å². The van der Waals surface area contributed by atoms with E-state index in [4.69, 9.17) is 4.74 Å². The molecular weight excluding hydrogens is 418 g/mol. The molecule has 8 nitrogen and oxygen atoms in total. The van der Waals surface area contributed by atoms with Crippen LogP contribution in [0.25, 0.3) is 0 Å². The van der Waals surface area contributed by atoms with Crippen LogP contribution in [0.1, 0.15) is 17.5 Å². The molecule has 0 saturated heterocycles. The second-order valence-corrected chi connectivity index (χ2v) is 9.11. The first kappa shape index (κ1) is 23.1. The molecular formula is C22H27N3O5S. The molecule has 1 aromatic carbocycles. The van der Waals surface area contributed by atoms with E-state index in [9.17, 15) is 18.3 Å². The largest absolute Gasteiger partial charge is 0.394 e. The molecule has 9 heteroatoms. The van der Waals surface area contributed by atoms with Crippen molar-refractivity contribution in [2.75, 3.05) is 13.2 Å². The van der Waals surface area contributed by atoms with Gasteiger partial charge in [-0.25, -0.2) is 13.1 Å². The molecule has 3 atom stereocenters. The van der Waals surface area contributed by atoms with Crippen molar-refractivity contribution < 1.29 is 23.1 Å². The van der Waals surface area contributed by atoms with Crippen molar-refractivity contribution in [3.05, 3.63) is 72.1 Å². The van der Waals surface area contributed by atoms with Crippen LogP contribution in [0.2, 0.25) is 0 Å². The summed E-state index contributed by atoms with van der Waals surface area (Å²) in [6, 6.07) is 9.53. The standard InChI is InChI=1S/C22H27N3O5S/c1-16-2-5-19(6-3-16)31(28,29)25-20-7-4-18(30-21(20)15-26)14-22(27)24-13-10-17-8-11-23-12-9-17/h2-9,11-12,18,20-21,25-26H,10,13-15H2,1H3,(H,24,27)/t18-,20+,21+/m1/s1. The van der Waals surface area contributed by atoms with E-state index in [0.29, 0.717) is 13.0 Å². The summed E-state index contributed by atoms with van der Waals surface area (Å²) in [7, 11) is -3.77. The second kappa shape index (κ2) is 10.6. The van der Waals surface area contributed by atoms with Gasteiger partial charge < -0.3 is 15.2 Å². The Balaban J connectivity index is 1.53. The molecule has 0 radical (unpaired) electrons. The summed E-state index contributed by atoms with van der Waals surface area (Å²) < 4.78 is 33.5. The number of aliphatic hydroxyl groups excluding tert-OH is 1. The Bertz CT molecular complexity index is 994. The summed E-state index contributed by atoms with van der Waals surface area (Å²) in [4.78, 5) is 16.3. The van der Waals surface area contributed by atoms with Crippen molar-refractivity contribution >= 4 is 15.9 Å². The lowest BCUT2D eigenvalue weighted by molar-refractivity contribution is -0.125. The third-order valence-corrected chi connectivity index (χ3v) is 6.43. The summed E-state index contributed by atoms with van der Waals surface area (Å²) in [6.07, 6.45) is 6.13. The summed E-state index contributed by atoms with van der Waals surface area (Å²) >= 11 is 0. The third-order valence-electron chi connectivity index (χ3n) is 4.96. The normalized spacial score (nSPS) is 21.0. The predicted octanol–water partition coefficient (Wildman–Crippen LogP) is 1.10. The molecule has 2 heterocycles. The minimum Gasteiger partial charge on any atom is -0.394 e. The highest BCUT2D eigenvalue weighted by Gasteiger charge is 2.31. The number of nitrogens with zero attached hydrogens (tertiary/aromatic N) is 1. The Morgan fingerprint density at radius 3 is 2.52 bits per heavy atom. The molecule has 1 amide bonds. The summed E-state index contributed by atoms with van der Waals surface area (Å²) in [5.41, 5.74) is 2.03. The van der Waals surface area contributed by atoms with Gasteiger partial charge >= 0.3 is 0 Å². The first-order valence-corrected chi connectivity index (χ1v) is 11.5. The van der Waals surface area contributed by atoms with Gasteiger partial charge in [0.05, 0.1) is 30.1 Å². The van der Waals surface area contributed by atoms with Crippen molar-refractivity contribution in [1.82, 2.24) is 15.0 Å². The van der Waals surface area contributed by atoms with Gasteiger partial charge in [-0.3, -0.25) is 9.78 Å². The fourth-order valence-electron chi connectivity index (χ4n) is 3.23. The zero-order valence-electron chi connectivity index (χ0n) is 17.3. The molecule has 3 rings (SSSR count). The fraction of sp³-hybridized carbons (Fsp3) is 0.364. The zero-order chi connectivity index (χ0) is 22.3. The number of hydrogen-bond donors (Lipinski definition) is 3. The minimum absolute atomic E-state index is 0.0841. The average Bonchev–Trinajstić information content (AvgIpc) is 2.75. The van der Waals surface area contributed by atoms with Crippen LogP contribution in [0.5, 0.6) is 0 Å². The first-order valence-electron chi connectivity index (χ1n) is 10.1. The van der Waals surface area contributed by atoms with E-state index in [1.807, 2.05) is 19.1 Å². The number of carbonyl (C=O) groups excluding carboxylic acids is 1. The fourth-order valence-corrected chi connectivity index (χ4v) is 4.44. The van der Waals surface area contributed by atoms with Gasteiger partial charge in [0.25, 0.3) is 0 Å². The van der Waals surface area contributed by atoms with Crippen LogP contribution in [0.15, 0.2) is 65.8 Å². The molecule has 0 aliphatic carbocycles. The maximum Gasteiger partial charge on any atom is 0.241 e. The third kappa shape index (κ3) is 6.70. The number of hydrogen-bond acceptors (Lipinski definition) is 6. The van der Waals surface area contributed by atoms with E-state index in [2.05, 4.69) is 15.0 Å². The van der Waals surface area contributed by atoms with Crippen molar-refractivity contribution in [2.24, 2.45) is 0 Å². The van der Waals surface area contributed by atoms with Crippen LogP contribution in [-0.2, 0) is 26.0 Å². The zero-order valence-corrected chi connectivity index (χ0v) is 18.1. The van der Waals surface area contributed by atoms with Gasteiger partial charge in [0.1, 0.15) is 6.10 Å². The molecule has 0 bridgehead atoms. The number of aliphatic hydroxyl groups is 1. The maximum atomic E-state index is 12.6. The van der Waals surface area contributed by atoms with E-state index >= 15 is 0 Å². The number of sulfonamides is 1. The lowest BCUT2D eigenvalue weighted by Crippen LogP contribution is -2.49. The van der Waals surface area contributed by atoms with E-state index in [1.54, 1.807) is 36.7 Å². The van der Waals surface area contributed by atoms with Gasteiger partial charge in [-0.1, -0.05) is 29.8 Å². The van der Waals surface area contributed by atoms with Crippen LogP contribution in [0.3, 0.4) is 0 Å². The highest BCUT2D eigenvalue weighted by molar-refractivity contribution is 7.89. The number of nitrogens with one attached hydrogen (secondary N) is 2. The molecule has 2 aromatic rings. The Kier molecular flexibility index (Phi) is 7.91. The average molecular weight is 446 g/mol. The van der Waals surface area contributed by atoms with Crippen molar-refractivity contribution in [3.8, 4) is 0 Å². The lowest BCUT2D eigenvalue weighted by atomic mass is 10.1. The number of ether oxygens (including phenoxy) is 1. The van der Waals surface area contributed by atoms with Crippen molar-refractivity contribution in [2.45, 2.75) is 42.9 Å². The van der Waals surface area contributed by atoms with Gasteiger partial charge in [0.2, 0.25) is 15.9 Å². The van der Waals surface area contributed by atoms with E-state index in [1.165, 1.54) is 12.1 Å². The number of rotatable bonds is 9. The predicted molar refractivity (Wildman–Crippen MR) is 116 cm³/mol. The van der Waals surface area contributed by atoms with Gasteiger partial charge in [-0.05, 0) is 43.2 Å². The molecule has 1 aliphatic rings. The molecule has 1 aromatic heterocycles. The number of carbonyl (C=O) groups is 1. The van der Waals surface area contributed by atoms with Crippen LogP contribution in [0.4, 0.5) is 0 Å². The molecule has 3 N–H and O–H groups in total. The number of pyridine rings is 1. The molecule has 166 valence electrons. The molecule has 31 heavy (non-hydrogen) atoms.